The highest BCUT2D eigenvalue weighted by Crippen LogP contribution is 2.28. The van der Waals surface area contributed by atoms with Crippen LogP contribution in [0.25, 0.3) is 0 Å². The molecule has 178 valence electrons. The minimum absolute atomic E-state index is 0.0512. The van der Waals surface area contributed by atoms with Crippen LogP contribution in [0.5, 0.6) is 5.75 Å². The summed E-state index contributed by atoms with van der Waals surface area (Å²) in [6, 6.07) is 4.35. The molecule has 2 N–H and O–H groups in total. The Kier molecular flexibility index (Phi) is 6.36. The van der Waals surface area contributed by atoms with Gasteiger partial charge in [-0.1, -0.05) is 6.92 Å². The number of hydrogen-bond donors (Lipinski definition) is 2. The Morgan fingerprint density at radius 1 is 1.27 bits per heavy atom. The summed E-state index contributed by atoms with van der Waals surface area (Å²) in [5.41, 5.74) is -0.0512. The number of guanidine groups is 1. The summed E-state index contributed by atoms with van der Waals surface area (Å²) in [5, 5.41) is 23.8. The first-order chi connectivity index (χ1) is 15.7. The lowest BCUT2D eigenvalue weighted by atomic mass is 9.99. The van der Waals surface area contributed by atoms with E-state index in [1.54, 1.807) is 11.9 Å². The summed E-state index contributed by atoms with van der Waals surface area (Å²) >= 11 is 0. The summed E-state index contributed by atoms with van der Waals surface area (Å²) < 4.78 is 5.59. The zero-order valence-electron chi connectivity index (χ0n) is 18.6. The maximum Gasteiger partial charge on any atom is 0.325 e. The molecule has 3 amide bonds. The number of nitro groups is 1. The first-order valence-electron chi connectivity index (χ1n) is 11.0. The zero-order chi connectivity index (χ0) is 23.7. The third-order valence-electron chi connectivity index (χ3n) is 6.30. The molecule has 1 aromatic carbocycles. The fourth-order valence-corrected chi connectivity index (χ4v) is 4.31. The molecule has 0 radical (unpaired) electrons. The van der Waals surface area contributed by atoms with Gasteiger partial charge in [-0.15, -0.1) is 0 Å². The SMILES string of the molecule is CC1CCN(C2=NC3C(C(=O)NC(=O)N3C)N2CC(O)COc2ccc([N+](=O)[O-])cc2)CC1. The van der Waals surface area contributed by atoms with Crippen molar-refractivity contribution in [2.24, 2.45) is 10.9 Å². The van der Waals surface area contributed by atoms with E-state index in [0.717, 1.165) is 25.9 Å². The summed E-state index contributed by atoms with van der Waals surface area (Å²) in [4.78, 5) is 45.1. The van der Waals surface area contributed by atoms with E-state index in [1.165, 1.54) is 29.2 Å². The molecule has 1 aromatic rings. The van der Waals surface area contributed by atoms with E-state index in [9.17, 15) is 24.8 Å². The van der Waals surface area contributed by atoms with Crippen LogP contribution in [0, 0.1) is 16.0 Å². The number of non-ortho nitro benzene ring substituents is 1. The van der Waals surface area contributed by atoms with E-state index in [2.05, 4.69) is 17.1 Å². The second kappa shape index (κ2) is 9.22. The van der Waals surface area contributed by atoms with Crippen molar-refractivity contribution in [2.75, 3.05) is 33.3 Å². The van der Waals surface area contributed by atoms with Crippen LogP contribution in [-0.4, -0.2) is 94.2 Å². The number of carbonyl (C=O) groups is 2. The molecule has 3 heterocycles. The van der Waals surface area contributed by atoms with Crippen molar-refractivity contribution < 1.29 is 24.4 Å². The number of likely N-dealkylation sites (N-methyl/N-ethyl adjacent to an activating group) is 1. The highest BCUT2D eigenvalue weighted by molar-refractivity contribution is 6.03. The van der Waals surface area contributed by atoms with Crippen LogP contribution in [0.1, 0.15) is 19.8 Å². The molecular formula is C21H28N6O6. The van der Waals surface area contributed by atoms with E-state index in [-0.39, 0.29) is 18.8 Å². The topological polar surface area (TPSA) is 141 Å². The number of likely N-dealkylation sites (tertiary alicyclic amines) is 1. The summed E-state index contributed by atoms with van der Waals surface area (Å²) in [5.74, 6) is 1.14. The predicted octanol–water partition coefficient (Wildman–Crippen LogP) is 0.614. The number of piperidine rings is 1. The van der Waals surface area contributed by atoms with Crippen molar-refractivity contribution in [2.45, 2.75) is 38.1 Å². The zero-order valence-corrected chi connectivity index (χ0v) is 18.6. The monoisotopic (exact) mass is 460 g/mol. The number of amides is 3. The standard InChI is InChI=1S/C21H28N6O6/c1-13-7-9-25(10-8-13)20-22-18-17(19(29)23-21(30)24(18)2)26(20)11-15(28)12-33-16-5-3-14(4-6-16)27(31)32/h3-6,13,15,17-18,28H,7-12H2,1-2H3,(H,23,29,30). The number of nitro benzene ring substituents is 1. The molecular weight excluding hydrogens is 432 g/mol. The Balaban J connectivity index is 1.46. The molecule has 0 spiro atoms. The van der Waals surface area contributed by atoms with E-state index in [0.29, 0.717) is 17.6 Å². The highest BCUT2D eigenvalue weighted by Gasteiger charge is 2.50. The van der Waals surface area contributed by atoms with Crippen molar-refractivity contribution >= 4 is 23.6 Å². The number of nitrogens with zero attached hydrogens (tertiary/aromatic N) is 5. The van der Waals surface area contributed by atoms with Gasteiger partial charge in [0.2, 0.25) is 0 Å². The Morgan fingerprint density at radius 2 is 1.94 bits per heavy atom. The number of aliphatic imine (C=N–C) groups is 1. The maximum absolute atomic E-state index is 12.7. The maximum atomic E-state index is 12.7. The van der Waals surface area contributed by atoms with E-state index in [4.69, 9.17) is 9.73 Å². The van der Waals surface area contributed by atoms with Gasteiger partial charge in [0.15, 0.2) is 18.2 Å². The smallest absolute Gasteiger partial charge is 0.325 e. The van der Waals surface area contributed by atoms with Crippen LogP contribution in [0.15, 0.2) is 29.3 Å². The molecule has 0 aromatic heterocycles. The van der Waals surface area contributed by atoms with Gasteiger partial charge in [0.1, 0.15) is 18.5 Å². The van der Waals surface area contributed by atoms with Crippen LogP contribution >= 0.6 is 0 Å². The molecule has 0 saturated carbocycles. The van der Waals surface area contributed by atoms with E-state index in [1.807, 2.05) is 0 Å². The van der Waals surface area contributed by atoms with E-state index < -0.39 is 35.2 Å². The number of aliphatic hydroxyl groups excluding tert-OH is 1. The molecule has 3 atom stereocenters. The lowest BCUT2D eigenvalue weighted by molar-refractivity contribution is -0.384. The Labute approximate surface area is 190 Å². The number of ether oxygens (including phenoxy) is 1. The quantitative estimate of drug-likeness (QED) is 0.465. The Hall–Kier alpha value is -3.41. The normalized spacial score (nSPS) is 24.3. The van der Waals surface area contributed by atoms with Gasteiger partial charge in [-0.25, -0.2) is 9.79 Å². The van der Waals surface area contributed by atoms with Crippen molar-refractivity contribution in [3.63, 3.8) is 0 Å². The third-order valence-corrected chi connectivity index (χ3v) is 6.30. The van der Waals surface area contributed by atoms with Gasteiger partial charge in [-0.05, 0) is 30.9 Å². The molecule has 3 unspecified atom stereocenters. The number of hydrogen-bond acceptors (Lipinski definition) is 9. The van der Waals surface area contributed by atoms with Crippen molar-refractivity contribution in [3.8, 4) is 5.75 Å². The van der Waals surface area contributed by atoms with Crippen molar-refractivity contribution in [1.82, 2.24) is 20.0 Å². The van der Waals surface area contributed by atoms with Crippen LogP contribution in [-0.2, 0) is 4.79 Å². The van der Waals surface area contributed by atoms with Gasteiger partial charge < -0.3 is 24.5 Å². The summed E-state index contributed by atoms with van der Waals surface area (Å²) in [7, 11) is 1.59. The number of nitrogens with one attached hydrogen (secondary N) is 1. The average Bonchev–Trinajstić information content (AvgIpc) is 3.16. The molecule has 2 saturated heterocycles. The largest absolute Gasteiger partial charge is 0.491 e. The lowest BCUT2D eigenvalue weighted by Gasteiger charge is -2.39. The molecule has 3 aliphatic rings. The number of aliphatic hydroxyl groups is 1. The van der Waals surface area contributed by atoms with Crippen molar-refractivity contribution in [3.05, 3.63) is 34.4 Å². The summed E-state index contributed by atoms with van der Waals surface area (Å²) in [6.07, 6.45) is 0.358. The summed E-state index contributed by atoms with van der Waals surface area (Å²) in [6.45, 7) is 3.76. The molecule has 33 heavy (non-hydrogen) atoms. The van der Waals surface area contributed by atoms with Crippen LogP contribution in [0.4, 0.5) is 10.5 Å². The van der Waals surface area contributed by atoms with E-state index >= 15 is 0 Å². The minimum Gasteiger partial charge on any atom is -0.491 e. The van der Waals surface area contributed by atoms with Gasteiger partial charge >= 0.3 is 6.03 Å². The molecule has 3 aliphatic heterocycles. The fourth-order valence-electron chi connectivity index (χ4n) is 4.31. The van der Waals surface area contributed by atoms with Gasteiger partial charge in [-0.2, -0.15) is 0 Å². The number of urea groups is 1. The highest BCUT2D eigenvalue weighted by atomic mass is 16.6. The third kappa shape index (κ3) is 4.70. The van der Waals surface area contributed by atoms with Crippen LogP contribution in [0.3, 0.4) is 0 Å². The Bertz CT molecular complexity index is 945. The predicted molar refractivity (Wildman–Crippen MR) is 118 cm³/mol. The van der Waals surface area contributed by atoms with Gasteiger partial charge in [0.05, 0.1) is 11.5 Å². The van der Waals surface area contributed by atoms with Gasteiger partial charge in [0.25, 0.3) is 11.6 Å². The van der Waals surface area contributed by atoms with Gasteiger partial charge in [0, 0.05) is 32.3 Å². The molecule has 12 heteroatoms. The number of imide groups is 1. The molecule has 2 fully saturated rings. The first kappa shape index (κ1) is 22.8. The Morgan fingerprint density at radius 3 is 2.58 bits per heavy atom. The van der Waals surface area contributed by atoms with Crippen molar-refractivity contribution in [1.29, 1.82) is 0 Å². The lowest BCUT2D eigenvalue weighted by Crippen LogP contribution is -2.65. The fraction of sp³-hybridized carbons (Fsp3) is 0.571. The number of β-amino-alcohol motifs (C(OH)–C–C–N with tert-alkyl or cyclic N) is 1. The second-order valence-corrected chi connectivity index (χ2v) is 8.73. The number of benzene rings is 1. The molecule has 0 bridgehead atoms. The minimum atomic E-state index is -0.969. The number of carbonyl (C=O) groups excluding carboxylic acids is 2. The molecule has 0 aliphatic carbocycles. The van der Waals surface area contributed by atoms with Crippen LogP contribution in [0.2, 0.25) is 0 Å². The second-order valence-electron chi connectivity index (χ2n) is 8.73. The average molecular weight is 460 g/mol. The number of rotatable bonds is 6. The first-order valence-corrected chi connectivity index (χ1v) is 11.0. The van der Waals surface area contributed by atoms with Crippen LogP contribution < -0.4 is 10.1 Å². The van der Waals surface area contributed by atoms with Gasteiger partial charge in [-0.3, -0.25) is 20.2 Å². The number of fused-ring (bicyclic) bond motifs is 1. The molecule has 4 rings (SSSR count). The molecule has 12 nitrogen and oxygen atoms in total.